The van der Waals surface area contributed by atoms with Crippen molar-refractivity contribution in [1.82, 2.24) is 34.6 Å². The van der Waals surface area contributed by atoms with Gasteiger partial charge in [0.2, 0.25) is 17.8 Å². The van der Waals surface area contributed by atoms with E-state index in [0.717, 1.165) is 0 Å². The highest BCUT2D eigenvalue weighted by Gasteiger charge is 2.35. The molecule has 5 rings (SSSR count). The Morgan fingerprint density at radius 1 is 1.02 bits per heavy atom. The number of anilines is 1. The Balaban J connectivity index is 1.50. The third-order valence-electron chi connectivity index (χ3n) is 9.01. The van der Waals surface area contributed by atoms with E-state index < -0.39 is 12.1 Å². The number of likely N-dealkylation sites (tertiary alicyclic amines) is 1. The number of hydrogen-bond acceptors (Lipinski definition) is 10. The summed E-state index contributed by atoms with van der Waals surface area (Å²) in [6.45, 7) is 10.7. The highest BCUT2D eigenvalue weighted by Crippen LogP contribution is 2.45. The number of aromatic nitrogens is 3. The van der Waals surface area contributed by atoms with Crippen LogP contribution in [-0.4, -0.2) is 119 Å². The van der Waals surface area contributed by atoms with E-state index in [-0.39, 0.29) is 68.4 Å². The number of amides is 3. The fourth-order valence-corrected chi connectivity index (χ4v) is 7.02. The number of piperazine rings is 1. The van der Waals surface area contributed by atoms with Crippen molar-refractivity contribution in [2.45, 2.75) is 38.9 Å². The zero-order chi connectivity index (χ0) is 36.8. The Hall–Kier alpha value is -4.84. The highest BCUT2D eigenvalue weighted by atomic mass is 35.5. The van der Waals surface area contributed by atoms with E-state index in [4.69, 9.17) is 37.7 Å². The predicted molar refractivity (Wildman–Crippen MR) is 195 cm³/mol. The van der Waals surface area contributed by atoms with Crippen LogP contribution >= 0.6 is 23.2 Å². The molecule has 2 aliphatic rings. The lowest BCUT2D eigenvalue weighted by Gasteiger charge is -2.33. The first kappa shape index (κ1) is 37.4. The molecule has 0 spiro atoms. The Bertz CT molecular complexity index is 1940. The lowest BCUT2D eigenvalue weighted by atomic mass is 10.0. The van der Waals surface area contributed by atoms with Gasteiger partial charge in [0, 0.05) is 75.9 Å². The van der Waals surface area contributed by atoms with Gasteiger partial charge >= 0.3 is 0 Å². The summed E-state index contributed by atoms with van der Waals surface area (Å²) in [5, 5.41) is 6.97. The van der Waals surface area contributed by atoms with Crippen molar-refractivity contribution in [2.24, 2.45) is 0 Å². The lowest BCUT2D eigenvalue weighted by molar-refractivity contribution is -0.128. The molecule has 0 saturated carbocycles. The minimum atomic E-state index is -0.430. The van der Waals surface area contributed by atoms with Crippen molar-refractivity contribution in [1.29, 1.82) is 0 Å². The summed E-state index contributed by atoms with van der Waals surface area (Å²) < 4.78 is 12.5. The number of nitrogens with zero attached hydrogens (tertiary/aromatic N) is 6. The van der Waals surface area contributed by atoms with Gasteiger partial charge in [-0.1, -0.05) is 35.7 Å². The van der Waals surface area contributed by atoms with Gasteiger partial charge in [-0.3, -0.25) is 28.6 Å². The van der Waals surface area contributed by atoms with Crippen LogP contribution in [0.5, 0.6) is 11.5 Å². The van der Waals surface area contributed by atoms with Crippen LogP contribution in [0.1, 0.15) is 20.3 Å². The average molecular weight is 740 g/mol. The molecule has 4 heterocycles. The molecule has 2 atom stereocenters. The first-order chi connectivity index (χ1) is 24.5. The maximum absolute atomic E-state index is 14.4. The van der Waals surface area contributed by atoms with Crippen molar-refractivity contribution in [3.05, 3.63) is 51.4 Å². The van der Waals surface area contributed by atoms with Crippen molar-refractivity contribution in [3.8, 4) is 34.5 Å². The molecule has 1 aromatic carbocycles. The van der Waals surface area contributed by atoms with Crippen molar-refractivity contribution < 1.29 is 23.9 Å². The van der Waals surface area contributed by atoms with Crippen molar-refractivity contribution >= 4 is 57.9 Å². The molecule has 0 bridgehead atoms. The number of methoxy groups -OCH3 is 2. The number of carbonyl (C=O) groups excluding carboxylic acids is 3. The van der Waals surface area contributed by atoms with Gasteiger partial charge in [0.05, 0.1) is 41.9 Å². The maximum atomic E-state index is 14.4. The van der Waals surface area contributed by atoms with Gasteiger partial charge in [0.15, 0.2) is 0 Å². The third kappa shape index (κ3) is 8.22. The van der Waals surface area contributed by atoms with Crippen LogP contribution < -0.4 is 25.7 Å². The largest absolute Gasteiger partial charge is 0.495 e. The predicted octanol–water partition coefficient (Wildman–Crippen LogP) is 2.65. The van der Waals surface area contributed by atoms with Crippen LogP contribution in [0.15, 0.2) is 35.8 Å². The van der Waals surface area contributed by atoms with Crippen LogP contribution in [0.2, 0.25) is 10.0 Å². The first-order valence-electron chi connectivity index (χ1n) is 16.4. The zero-order valence-electron chi connectivity index (χ0n) is 28.9. The third-order valence-corrected chi connectivity index (χ3v) is 9.76. The number of pyridine rings is 1. The summed E-state index contributed by atoms with van der Waals surface area (Å²) in [6.07, 6.45) is 3.35. The van der Waals surface area contributed by atoms with E-state index in [1.807, 2.05) is 0 Å². The van der Waals surface area contributed by atoms with Gasteiger partial charge in [-0.25, -0.2) is 4.98 Å². The summed E-state index contributed by atoms with van der Waals surface area (Å²) >= 11 is 13.5. The molecule has 2 aliphatic heterocycles. The van der Waals surface area contributed by atoms with E-state index in [1.165, 1.54) is 27.2 Å². The molecule has 2 fully saturated rings. The van der Waals surface area contributed by atoms with Gasteiger partial charge in [-0.15, -0.1) is 0 Å². The molecule has 2 N–H and O–H groups in total. The summed E-state index contributed by atoms with van der Waals surface area (Å²) in [4.78, 5) is 65.9. The number of benzene rings is 1. The second kappa shape index (κ2) is 16.5. The summed E-state index contributed by atoms with van der Waals surface area (Å²) in [5.41, 5.74) is 0.442. The number of fused-ring (bicyclic) bond motifs is 1. The molecular formula is C35H40Cl2N8O6. The number of rotatable bonds is 11. The molecule has 14 nitrogen and oxygen atoms in total. The second-order valence-electron chi connectivity index (χ2n) is 12.1. The fraction of sp³-hybridized carbons (Fsp3) is 0.429. The van der Waals surface area contributed by atoms with Crippen LogP contribution in [0.25, 0.3) is 22.2 Å². The Morgan fingerprint density at radius 3 is 2.29 bits per heavy atom. The molecule has 0 radical (unpaired) electrons. The van der Waals surface area contributed by atoms with Crippen LogP contribution in [0.4, 0.5) is 5.95 Å². The summed E-state index contributed by atoms with van der Waals surface area (Å²) in [5.74, 6) is 5.36. The number of nitrogens with one attached hydrogen (secondary N) is 2. The standard InChI is InChI=1S/C35H40Cl2N8O6/c1-6-9-29(48)43-14-12-42(13-15-43)10-8-11-45-33-22(16-23(34(45)49)30-31(36)26(50-4)17-27(51-5)32(30)37)18-38-35(41-33)40-25-20-44(21(3)46)19-24(25)39-28(47)7-2/h7,16-18,24-25H,2,8,10-15,19-20H2,1,3-5H3,(H,39,47)(H,38,40,41). The Labute approximate surface area is 305 Å². The van der Waals surface area contributed by atoms with E-state index >= 15 is 0 Å². The summed E-state index contributed by atoms with van der Waals surface area (Å²) in [6, 6.07) is 2.35. The number of carbonyl (C=O) groups is 3. The van der Waals surface area contributed by atoms with E-state index in [2.05, 4.69) is 38.9 Å². The molecule has 0 aliphatic carbocycles. The fourth-order valence-electron chi connectivity index (χ4n) is 6.31. The van der Waals surface area contributed by atoms with Gasteiger partial charge in [0.25, 0.3) is 11.5 Å². The highest BCUT2D eigenvalue weighted by molar-refractivity contribution is 6.41. The molecule has 16 heteroatoms. The molecule has 2 unspecified atom stereocenters. The minimum Gasteiger partial charge on any atom is -0.495 e. The second-order valence-corrected chi connectivity index (χ2v) is 12.9. The number of aryl methyl sites for hydroxylation is 1. The quantitative estimate of drug-likeness (QED) is 0.222. The molecule has 3 aromatic rings. The molecular weight excluding hydrogens is 699 g/mol. The molecule has 51 heavy (non-hydrogen) atoms. The minimum absolute atomic E-state index is 0.132. The topological polar surface area (TPSA) is 151 Å². The van der Waals surface area contributed by atoms with Crippen LogP contribution in [0, 0.1) is 11.8 Å². The van der Waals surface area contributed by atoms with Gasteiger partial charge < -0.3 is 29.9 Å². The molecule has 2 saturated heterocycles. The van der Waals surface area contributed by atoms with E-state index in [0.29, 0.717) is 63.3 Å². The molecule has 3 amide bonds. The van der Waals surface area contributed by atoms with Crippen molar-refractivity contribution in [2.75, 3.05) is 65.3 Å². The molecule has 270 valence electrons. The SMILES string of the molecule is C=CC(=O)NC1CN(C(C)=O)CC1Nc1ncc2cc(-c3c(Cl)c(OC)cc(OC)c3Cl)c(=O)n(CCCN3CCN(C(=O)C#CC)CC3)c2n1. The molecule has 2 aromatic heterocycles. The van der Waals surface area contributed by atoms with Gasteiger partial charge in [0.1, 0.15) is 17.1 Å². The zero-order valence-corrected chi connectivity index (χ0v) is 30.4. The smallest absolute Gasteiger partial charge is 0.298 e. The average Bonchev–Trinajstić information content (AvgIpc) is 3.52. The Kier molecular flexibility index (Phi) is 12.1. The van der Waals surface area contributed by atoms with Crippen LogP contribution in [-0.2, 0) is 20.9 Å². The normalized spacial score (nSPS) is 17.5. The van der Waals surface area contributed by atoms with Gasteiger partial charge in [-0.05, 0) is 38.0 Å². The Morgan fingerprint density at radius 2 is 1.69 bits per heavy atom. The number of halogens is 2. The summed E-state index contributed by atoms with van der Waals surface area (Å²) in [7, 11) is 2.92. The van der Waals surface area contributed by atoms with E-state index in [9.17, 15) is 19.2 Å². The lowest BCUT2D eigenvalue weighted by Crippen LogP contribution is -2.48. The first-order valence-corrected chi connectivity index (χ1v) is 17.1. The number of ether oxygens (including phenoxy) is 2. The van der Waals surface area contributed by atoms with Crippen molar-refractivity contribution in [3.63, 3.8) is 0 Å². The maximum Gasteiger partial charge on any atom is 0.298 e. The number of hydrogen-bond donors (Lipinski definition) is 2. The van der Waals surface area contributed by atoms with Crippen LogP contribution in [0.3, 0.4) is 0 Å². The van der Waals surface area contributed by atoms with E-state index in [1.54, 1.807) is 39.6 Å². The van der Waals surface area contributed by atoms with Gasteiger partial charge in [-0.2, -0.15) is 4.98 Å². The monoisotopic (exact) mass is 738 g/mol.